The van der Waals surface area contributed by atoms with Crippen molar-refractivity contribution in [3.8, 4) is 6.07 Å². The Morgan fingerprint density at radius 1 is 1.40 bits per heavy atom. The Hall–Kier alpha value is -4.00. The number of non-ortho nitro benzene ring substituents is 1. The lowest BCUT2D eigenvalue weighted by atomic mass is 9.68. The van der Waals surface area contributed by atoms with E-state index in [0.29, 0.717) is 35.6 Å². The lowest BCUT2D eigenvalue weighted by molar-refractivity contribution is -0.384. The van der Waals surface area contributed by atoms with Crippen LogP contribution in [0.2, 0.25) is 0 Å². The molecule has 1 aromatic heterocycles. The summed E-state index contributed by atoms with van der Waals surface area (Å²) in [7, 11) is 0. The lowest BCUT2D eigenvalue weighted by Crippen LogP contribution is -2.42. The summed E-state index contributed by atoms with van der Waals surface area (Å²) >= 11 is 0. The molecule has 1 aromatic carbocycles. The highest BCUT2D eigenvalue weighted by Gasteiger charge is 2.45. The van der Waals surface area contributed by atoms with Crippen molar-refractivity contribution < 1.29 is 9.72 Å². The lowest BCUT2D eigenvalue weighted by Gasteiger charge is -2.42. The molecule has 0 saturated heterocycles. The molecule has 0 amide bonds. The number of nitro groups is 1. The third-order valence-electron chi connectivity index (χ3n) is 5.41. The first kappa shape index (κ1) is 19.3. The van der Waals surface area contributed by atoms with Crippen molar-refractivity contribution in [2.24, 2.45) is 11.1 Å². The number of benzene rings is 1. The molecule has 1 aliphatic heterocycles. The van der Waals surface area contributed by atoms with Gasteiger partial charge in [0.2, 0.25) is 5.95 Å². The molecule has 10 nitrogen and oxygen atoms in total. The molecule has 0 fully saturated rings. The minimum atomic E-state index is -0.785. The van der Waals surface area contributed by atoms with Crippen molar-refractivity contribution in [2.45, 2.75) is 32.6 Å². The molecule has 152 valence electrons. The highest BCUT2D eigenvalue weighted by Crippen LogP contribution is 2.49. The number of allylic oxidation sites excluding steroid dienone is 3. The number of Topliss-reactive ketones (excluding diaryl/α,β-unsaturated/α-hetero) is 1. The number of nitrogens with one attached hydrogen (secondary N) is 1. The van der Waals surface area contributed by atoms with E-state index in [1.54, 1.807) is 17.0 Å². The summed E-state index contributed by atoms with van der Waals surface area (Å²) in [6, 6.07) is 8.08. The average Bonchev–Trinajstić information content (AvgIpc) is 3.20. The van der Waals surface area contributed by atoms with Crippen molar-refractivity contribution in [3.05, 3.63) is 68.9 Å². The van der Waals surface area contributed by atoms with Crippen LogP contribution >= 0.6 is 0 Å². The standard InChI is InChI=1S/C20H19N7O3/c1-20(2)7-14-17(15(28)8-20)16(11-4-3-5-12(6-11)27(29)30)13(9-21)18(22)26(14)19-23-10-24-25-19/h3-6,10,16H,7-8,22H2,1-2H3,(H,23,24,25)/t16-/m0/s1. The number of carbonyl (C=O) groups excluding carboxylic acids is 1. The highest BCUT2D eigenvalue weighted by molar-refractivity contribution is 6.01. The number of anilines is 1. The smallest absolute Gasteiger partial charge is 0.269 e. The van der Waals surface area contributed by atoms with E-state index in [1.807, 2.05) is 13.8 Å². The van der Waals surface area contributed by atoms with Gasteiger partial charge in [-0.25, -0.2) is 5.10 Å². The van der Waals surface area contributed by atoms with Gasteiger partial charge in [0.05, 0.1) is 22.5 Å². The summed E-state index contributed by atoms with van der Waals surface area (Å²) in [5, 5.41) is 27.8. The number of nitrogens with zero attached hydrogens (tertiary/aromatic N) is 5. The fourth-order valence-corrected chi connectivity index (χ4v) is 4.21. The Labute approximate surface area is 171 Å². The van der Waals surface area contributed by atoms with E-state index >= 15 is 0 Å². The van der Waals surface area contributed by atoms with Crippen molar-refractivity contribution in [1.82, 2.24) is 15.2 Å². The zero-order valence-electron chi connectivity index (χ0n) is 16.4. The molecule has 4 rings (SSSR count). The molecular weight excluding hydrogens is 386 g/mol. The Kier molecular flexibility index (Phi) is 4.38. The van der Waals surface area contributed by atoms with E-state index in [9.17, 15) is 20.2 Å². The van der Waals surface area contributed by atoms with Gasteiger partial charge < -0.3 is 5.73 Å². The van der Waals surface area contributed by atoms with Crippen LogP contribution in [0.15, 0.2) is 53.3 Å². The second-order valence-corrected chi connectivity index (χ2v) is 8.14. The van der Waals surface area contributed by atoms with Gasteiger partial charge in [-0.3, -0.25) is 19.8 Å². The number of carbonyl (C=O) groups is 1. The fraction of sp³-hybridized carbons (Fsp3) is 0.300. The molecule has 0 bridgehead atoms. The first-order chi connectivity index (χ1) is 14.2. The zero-order valence-corrected chi connectivity index (χ0v) is 16.4. The van der Waals surface area contributed by atoms with Crippen LogP contribution in [0, 0.1) is 26.9 Å². The van der Waals surface area contributed by atoms with Gasteiger partial charge in [0.1, 0.15) is 12.1 Å². The van der Waals surface area contributed by atoms with Gasteiger partial charge in [0, 0.05) is 29.8 Å². The molecule has 2 aliphatic rings. The molecule has 1 aliphatic carbocycles. The summed E-state index contributed by atoms with van der Waals surface area (Å²) in [6.45, 7) is 3.96. The molecule has 0 spiro atoms. The molecule has 1 atom stereocenters. The molecule has 30 heavy (non-hydrogen) atoms. The summed E-state index contributed by atoms with van der Waals surface area (Å²) in [5.74, 6) is -0.485. The Morgan fingerprint density at radius 2 is 2.17 bits per heavy atom. The minimum Gasteiger partial charge on any atom is -0.384 e. The van der Waals surface area contributed by atoms with E-state index in [2.05, 4.69) is 21.3 Å². The second-order valence-electron chi connectivity index (χ2n) is 8.14. The maximum absolute atomic E-state index is 13.3. The molecule has 0 unspecified atom stereocenters. The van der Waals surface area contributed by atoms with Gasteiger partial charge in [0.15, 0.2) is 5.78 Å². The monoisotopic (exact) mass is 405 g/mol. The van der Waals surface area contributed by atoms with Crippen LogP contribution < -0.4 is 10.6 Å². The normalized spacial score (nSPS) is 20.8. The first-order valence-corrected chi connectivity index (χ1v) is 9.29. The molecular formula is C20H19N7O3. The van der Waals surface area contributed by atoms with Crippen molar-refractivity contribution in [2.75, 3.05) is 4.90 Å². The number of H-pyrrole nitrogens is 1. The number of ketones is 1. The van der Waals surface area contributed by atoms with E-state index in [1.165, 1.54) is 18.5 Å². The maximum Gasteiger partial charge on any atom is 0.269 e. The number of nitro benzene ring substituents is 1. The molecule has 2 aromatic rings. The third-order valence-corrected chi connectivity index (χ3v) is 5.41. The summed E-state index contributed by atoms with van der Waals surface area (Å²) in [5.41, 5.74) is 7.61. The number of aromatic nitrogens is 3. The number of rotatable bonds is 3. The van der Waals surface area contributed by atoms with Gasteiger partial charge >= 0.3 is 0 Å². The van der Waals surface area contributed by atoms with Crippen LogP contribution in [0.1, 0.15) is 38.2 Å². The van der Waals surface area contributed by atoms with Crippen molar-refractivity contribution in [1.29, 1.82) is 5.26 Å². The molecule has 2 heterocycles. The maximum atomic E-state index is 13.3. The van der Waals surface area contributed by atoms with Gasteiger partial charge in [-0.15, -0.1) is 0 Å². The van der Waals surface area contributed by atoms with E-state index < -0.39 is 10.8 Å². The number of hydrogen-bond acceptors (Lipinski definition) is 8. The number of hydrogen-bond donors (Lipinski definition) is 2. The third kappa shape index (κ3) is 3.00. The van der Waals surface area contributed by atoms with Gasteiger partial charge in [0.25, 0.3) is 5.69 Å². The summed E-state index contributed by atoms with van der Waals surface area (Å²) < 4.78 is 0. The van der Waals surface area contributed by atoms with Crippen molar-refractivity contribution in [3.63, 3.8) is 0 Å². The van der Waals surface area contributed by atoms with Crippen LogP contribution in [-0.4, -0.2) is 25.9 Å². The van der Waals surface area contributed by atoms with Gasteiger partial charge in [-0.1, -0.05) is 26.0 Å². The van der Waals surface area contributed by atoms with Crippen LogP contribution in [0.5, 0.6) is 0 Å². The van der Waals surface area contributed by atoms with E-state index in [-0.39, 0.29) is 28.3 Å². The fourth-order valence-electron chi connectivity index (χ4n) is 4.21. The zero-order chi connectivity index (χ0) is 21.6. The van der Waals surface area contributed by atoms with Crippen molar-refractivity contribution >= 4 is 17.4 Å². The minimum absolute atomic E-state index is 0.119. The SMILES string of the molecule is CC1(C)CC(=O)C2=C(C1)N(c1ncn[nH]1)C(N)=C(C#N)[C@@H]2c1cccc([N+](=O)[O-])c1. The predicted octanol–water partition coefficient (Wildman–Crippen LogP) is 2.65. The predicted molar refractivity (Wildman–Crippen MR) is 107 cm³/mol. The Balaban J connectivity index is 1.99. The quantitative estimate of drug-likeness (QED) is 0.583. The number of nitriles is 1. The number of aromatic amines is 1. The van der Waals surface area contributed by atoms with E-state index in [0.717, 1.165) is 0 Å². The first-order valence-electron chi connectivity index (χ1n) is 9.29. The highest BCUT2D eigenvalue weighted by atomic mass is 16.6. The molecule has 0 radical (unpaired) electrons. The summed E-state index contributed by atoms with van der Waals surface area (Å²) in [4.78, 5) is 29.8. The van der Waals surface area contributed by atoms with Gasteiger partial charge in [-0.05, 0) is 17.4 Å². The second kappa shape index (κ2) is 6.81. The van der Waals surface area contributed by atoms with Crippen LogP contribution in [0.25, 0.3) is 0 Å². The molecule has 10 heteroatoms. The molecule has 3 N–H and O–H groups in total. The van der Waals surface area contributed by atoms with Gasteiger partial charge in [-0.2, -0.15) is 15.3 Å². The summed E-state index contributed by atoms with van der Waals surface area (Å²) in [6.07, 6.45) is 2.12. The Morgan fingerprint density at radius 3 is 2.80 bits per heavy atom. The average molecular weight is 405 g/mol. The topological polar surface area (TPSA) is 155 Å². The Bertz CT molecular complexity index is 1160. The van der Waals surface area contributed by atoms with Crippen LogP contribution in [-0.2, 0) is 4.79 Å². The largest absolute Gasteiger partial charge is 0.384 e. The van der Waals surface area contributed by atoms with E-state index in [4.69, 9.17) is 5.73 Å². The van der Waals surface area contributed by atoms with Crippen LogP contribution in [0.4, 0.5) is 11.6 Å². The molecule has 0 saturated carbocycles. The van der Waals surface area contributed by atoms with Crippen LogP contribution in [0.3, 0.4) is 0 Å². The number of nitrogens with two attached hydrogens (primary N) is 1.